The summed E-state index contributed by atoms with van der Waals surface area (Å²) in [5.74, 6) is 0.828. The molecule has 3 rings (SSSR count). The van der Waals surface area contributed by atoms with Crippen LogP contribution in [0.2, 0.25) is 5.02 Å². The summed E-state index contributed by atoms with van der Waals surface area (Å²) >= 11 is 5.93. The molecule has 2 aliphatic rings. The molecule has 1 saturated heterocycles. The minimum atomic E-state index is 0.438. The number of rotatable bonds is 3. The van der Waals surface area contributed by atoms with E-state index in [1.165, 1.54) is 50.8 Å². The second kappa shape index (κ2) is 5.82. The fraction of sp³-hybridized carbons (Fsp3) is 0.625. The first kappa shape index (κ1) is 13.4. The molecule has 2 atom stereocenters. The maximum Gasteiger partial charge on any atom is 0.0406 e. The Morgan fingerprint density at radius 2 is 1.74 bits per heavy atom. The Kier molecular flexibility index (Phi) is 4.11. The molecule has 0 spiro atoms. The smallest absolute Gasteiger partial charge is 0.0406 e. The molecule has 1 aliphatic heterocycles. The molecule has 0 radical (unpaired) electrons. The summed E-state index contributed by atoms with van der Waals surface area (Å²) in [6, 6.07) is 9.44. The van der Waals surface area contributed by atoms with Crippen LogP contribution in [0.15, 0.2) is 24.3 Å². The number of likely N-dealkylation sites (tertiary alicyclic amines) is 1. The highest BCUT2D eigenvalue weighted by molar-refractivity contribution is 6.30. The highest BCUT2D eigenvalue weighted by Crippen LogP contribution is 2.29. The van der Waals surface area contributed by atoms with E-state index in [0.29, 0.717) is 12.1 Å². The van der Waals surface area contributed by atoms with Crippen molar-refractivity contribution in [1.29, 1.82) is 0 Å². The minimum Gasteiger partial charge on any atom is -0.326 e. The number of hydrogen-bond acceptors (Lipinski definition) is 2. The third-order valence-corrected chi connectivity index (χ3v) is 5.10. The standard InChI is InChI=1S/C16H23ClN2/c17-14-3-1-12(2-4-14)11-13-7-9-19(10-8-13)16-6-5-15(16)18/h1-4,13,15-16H,5-11,18H2/t15-,16?/m1/s1. The fourth-order valence-electron chi connectivity index (χ4n) is 3.40. The highest BCUT2D eigenvalue weighted by atomic mass is 35.5. The van der Waals surface area contributed by atoms with Gasteiger partial charge in [-0.25, -0.2) is 0 Å². The van der Waals surface area contributed by atoms with Crippen molar-refractivity contribution in [3.05, 3.63) is 34.9 Å². The maximum absolute atomic E-state index is 6.07. The first-order chi connectivity index (χ1) is 9.22. The van der Waals surface area contributed by atoms with Crippen molar-refractivity contribution in [2.45, 2.75) is 44.2 Å². The summed E-state index contributed by atoms with van der Waals surface area (Å²) in [7, 11) is 0. The van der Waals surface area contributed by atoms with Gasteiger partial charge in [0.05, 0.1) is 0 Å². The number of nitrogens with zero attached hydrogens (tertiary/aromatic N) is 1. The van der Waals surface area contributed by atoms with Crippen LogP contribution in [0.25, 0.3) is 0 Å². The van der Waals surface area contributed by atoms with E-state index < -0.39 is 0 Å². The average Bonchev–Trinajstić information content (AvgIpc) is 2.42. The summed E-state index contributed by atoms with van der Waals surface area (Å²) in [6.07, 6.45) is 6.35. The Balaban J connectivity index is 1.48. The maximum atomic E-state index is 6.07. The van der Waals surface area contributed by atoms with Crippen molar-refractivity contribution >= 4 is 11.6 Å². The molecule has 2 N–H and O–H groups in total. The Bertz CT molecular complexity index is 409. The van der Waals surface area contributed by atoms with Crippen LogP contribution < -0.4 is 5.73 Å². The van der Waals surface area contributed by atoms with Crippen molar-refractivity contribution in [2.75, 3.05) is 13.1 Å². The summed E-state index contributed by atoms with van der Waals surface area (Å²) < 4.78 is 0. The highest BCUT2D eigenvalue weighted by Gasteiger charge is 2.34. The number of hydrogen-bond donors (Lipinski definition) is 1. The molecule has 1 aliphatic carbocycles. The van der Waals surface area contributed by atoms with Gasteiger partial charge in [0, 0.05) is 17.1 Å². The van der Waals surface area contributed by atoms with Gasteiger partial charge in [-0.1, -0.05) is 23.7 Å². The normalized spacial score (nSPS) is 29.2. The molecule has 3 heteroatoms. The molecule has 19 heavy (non-hydrogen) atoms. The van der Waals surface area contributed by atoms with E-state index in [-0.39, 0.29) is 0 Å². The van der Waals surface area contributed by atoms with Crippen LogP contribution in [-0.4, -0.2) is 30.1 Å². The molecule has 1 aromatic rings. The molecule has 1 heterocycles. The summed E-state index contributed by atoms with van der Waals surface area (Å²) in [4.78, 5) is 2.62. The van der Waals surface area contributed by atoms with Gasteiger partial charge in [-0.3, -0.25) is 4.90 Å². The Labute approximate surface area is 120 Å². The van der Waals surface area contributed by atoms with Crippen LogP contribution in [0.5, 0.6) is 0 Å². The summed E-state index contributed by atoms with van der Waals surface area (Å²) in [5, 5.41) is 0.831. The van der Waals surface area contributed by atoms with E-state index in [0.717, 1.165) is 10.9 Å². The molecular weight excluding hydrogens is 256 g/mol. The lowest BCUT2D eigenvalue weighted by Crippen LogP contribution is -2.56. The van der Waals surface area contributed by atoms with Crippen LogP contribution in [-0.2, 0) is 6.42 Å². The van der Waals surface area contributed by atoms with Crippen LogP contribution in [0.1, 0.15) is 31.2 Å². The van der Waals surface area contributed by atoms with Crippen molar-refractivity contribution in [3.8, 4) is 0 Å². The lowest BCUT2D eigenvalue weighted by Gasteiger charge is -2.45. The van der Waals surface area contributed by atoms with Crippen molar-refractivity contribution in [3.63, 3.8) is 0 Å². The summed E-state index contributed by atoms with van der Waals surface area (Å²) in [6.45, 7) is 2.47. The predicted octanol–water partition coefficient (Wildman–Crippen LogP) is 3.08. The molecule has 104 valence electrons. The van der Waals surface area contributed by atoms with Crippen LogP contribution in [0.3, 0.4) is 0 Å². The molecule has 0 amide bonds. The van der Waals surface area contributed by atoms with Crippen molar-refractivity contribution in [1.82, 2.24) is 4.90 Å². The quantitative estimate of drug-likeness (QED) is 0.921. The molecule has 1 saturated carbocycles. The van der Waals surface area contributed by atoms with Crippen LogP contribution in [0.4, 0.5) is 0 Å². The Morgan fingerprint density at radius 1 is 1.05 bits per heavy atom. The fourth-order valence-corrected chi connectivity index (χ4v) is 3.53. The third-order valence-electron chi connectivity index (χ3n) is 4.85. The zero-order chi connectivity index (χ0) is 13.2. The first-order valence-electron chi connectivity index (χ1n) is 7.46. The molecule has 1 unspecified atom stereocenters. The van der Waals surface area contributed by atoms with E-state index in [2.05, 4.69) is 17.0 Å². The third kappa shape index (κ3) is 3.13. The Hall–Kier alpha value is -0.570. The second-order valence-electron chi connectivity index (χ2n) is 6.12. The minimum absolute atomic E-state index is 0.438. The van der Waals surface area contributed by atoms with Crippen LogP contribution in [0, 0.1) is 5.92 Å². The molecular formula is C16H23ClN2. The number of nitrogens with two attached hydrogens (primary N) is 1. The second-order valence-corrected chi connectivity index (χ2v) is 6.55. The molecule has 0 bridgehead atoms. The predicted molar refractivity (Wildman–Crippen MR) is 80.5 cm³/mol. The van der Waals surface area contributed by atoms with Crippen molar-refractivity contribution in [2.24, 2.45) is 11.7 Å². The van der Waals surface area contributed by atoms with Crippen LogP contribution >= 0.6 is 11.6 Å². The van der Waals surface area contributed by atoms with E-state index in [9.17, 15) is 0 Å². The lowest BCUT2D eigenvalue weighted by atomic mass is 9.82. The van der Waals surface area contributed by atoms with Gasteiger partial charge in [-0.05, 0) is 68.8 Å². The first-order valence-corrected chi connectivity index (χ1v) is 7.84. The SMILES string of the molecule is N[C@@H]1CCC1N1CCC(Cc2ccc(Cl)cc2)CC1. The van der Waals surface area contributed by atoms with Gasteiger partial charge < -0.3 is 5.73 Å². The molecule has 2 fully saturated rings. The van der Waals surface area contributed by atoms with Gasteiger partial charge in [0.15, 0.2) is 0 Å². The molecule has 1 aromatic carbocycles. The van der Waals surface area contributed by atoms with E-state index in [1.807, 2.05) is 12.1 Å². The van der Waals surface area contributed by atoms with Gasteiger partial charge in [0.25, 0.3) is 0 Å². The molecule has 0 aromatic heterocycles. The topological polar surface area (TPSA) is 29.3 Å². The zero-order valence-electron chi connectivity index (χ0n) is 11.4. The van der Waals surface area contributed by atoms with Gasteiger partial charge in [-0.15, -0.1) is 0 Å². The van der Waals surface area contributed by atoms with Gasteiger partial charge in [0.1, 0.15) is 0 Å². The molecule has 2 nitrogen and oxygen atoms in total. The largest absolute Gasteiger partial charge is 0.326 e. The van der Waals surface area contributed by atoms with Gasteiger partial charge >= 0.3 is 0 Å². The number of piperidine rings is 1. The number of benzene rings is 1. The lowest BCUT2D eigenvalue weighted by molar-refractivity contribution is 0.0676. The number of halogens is 1. The average molecular weight is 279 g/mol. The van der Waals surface area contributed by atoms with Gasteiger partial charge in [-0.2, -0.15) is 0 Å². The van der Waals surface area contributed by atoms with Crippen molar-refractivity contribution < 1.29 is 0 Å². The Morgan fingerprint density at radius 3 is 2.26 bits per heavy atom. The van der Waals surface area contributed by atoms with Gasteiger partial charge in [0.2, 0.25) is 0 Å². The zero-order valence-corrected chi connectivity index (χ0v) is 12.1. The monoisotopic (exact) mass is 278 g/mol. The van der Waals surface area contributed by atoms with E-state index in [4.69, 9.17) is 17.3 Å². The van der Waals surface area contributed by atoms with E-state index in [1.54, 1.807) is 0 Å². The summed E-state index contributed by atoms with van der Waals surface area (Å²) in [5.41, 5.74) is 7.49. The van der Waals surface area contributed by atoms with E-state index >= 15 is 0 Å².